The van der Waals surface area contributed by atoms with Gasteiger partial charge in [0.25, 0.3) is 0 Å². The Morgan fingerprint density at radius 1 is 1.59 bits per heavy atom. The van der Waals surface area contributed by atoms with Gasteiger partial charge in [0.05, 0.1) is 21.0 Å². The number of carbonyl (C=O) groups excluding carboxylic acids is 1. The molecule has 1 heterocycles. The van der Waals surface area contributed by atoms with Crippen molar-refractivity contribution in [1.82, 2.24) is 10.3 Å². The van der Waals surface area contributed by atoms with Crippen LogP contribution in [0.25, 0.3) is 10.2 Å². The molecule has 3 N–H and O–H groups in total. The van der Waals surface area contributed by atoms with Crippen LogP contribution >= 0.6 is 11.3 Å². The molecule has 0 radical (unpaired) electrons. The molecule has 2 rings (SSSR count). The lowest BCUT2D eigenvalue weighted by Gasteiger charge is -1.96. The number of amides is 1. The second-order valence-corrected chi connectivity index (χ2v) is 6.03. The second kappa shape index (κ2) is 4.80. The molecule has 0 aliphatic carbocycles. The number of carbonyl (C=O) groups is 1. The predicted molar refractivity (Wildman–Crippen MR) is 69.4 cm³/mol. The van der Waals surface area contributed by atoms with Gasteiger partial charge in [0.1, 0.15) is 5.75 Å². The van der Waals surface area contributed by atoms with E-state index in [-0.39, 0.29) is 11.7 Å². The van der Waals surface area contributed by atoms with E-state index < -0.39 is 10.8 Å². The van der Waals surface area contributed by atoms with E-state index in [9.17, 15) is 9.00 Å². The number of nitrogens with one attached hydrogen (secondary N) is 1. The number of hydrogen-bond acceptors (Lipinski definition) is 5. The average Bonchev–Trinajstić information content (AvgIpc) is 2.71. The maximum atomic E-state index is 11.8. The fourth-order valence-corrected chi connectivity index (χ4v) is 3.54. The van der Waals surface area contributed by atoms with E-state index in [1.54, 1.807) is 18.2 Å². The Kier molecular flexibility index (Phi) is 3.39. The highest BCUT2D eigenvalue weighted by molar-refractivity contribution is 7.88. The molecule has 0 fully saturated rings. The molecule has 1 atom stereocenters. The Balaban J connectivity index is 2.30. The molecule has 0 spiro atoms. The van der Waals surface area contributed by atoms with Crippen LogP contribution in [0.3, 0.4) is 0 Å². The summed E-state index contributed by atoms with van der Waals surface area (Å²) in [5.74, 6) is -0.326. The SMILES string of the molecule is CNC(=O)CS(=O)c1nc2ccc(N)cc2s1. The van der Waals surface area contributed by atoms with Crippen molar-refractivity contribution < 1.29 is 9.00 Å². The third-order valence-corrected chi connectivity index (χ3v) is 4.75. The third kappa shape index (κ3) is 2.62. The molecular formula is C10H11N3O2S2. The van der Waals surface area contributed by atoms with E-state index in [0.717, 1.165) is 10.2 Å². The fourth-order valence-electron chi connectivity index (χ4n) is 1.27. The molecule has 7 heteroatoms. The molecule has 1 aromatic carbocycles. The van der Waals surface area contributed by atoms with Crippen molar-refractivity contribution in [3.63, 3.8) is 0 Å². The number of aromatic nitrogens is 1. The summed E-state index contributed by atoms with van der Waals surface area (Å²) in [4.78, 5) is 15.3. The summed E-state index contributed by atoms with van der Waals surface area (Å²) < 4.78 is 13.2. The summed E-state index contributed by atoms with van der Waals surface area (Å²) in [7, 11) is 0.114. The standard InChI is InChI=1S/C10H11N3O2S2/c1-12-9(14)5-17(15)10-13-7-3-2-6(11)4-8(7)16-10/h2-4H,5,11H2,1H3,(H,12,14). The van der Waals surface area contributed by atoms with Crippen LogP contribution in [0.4, 0.5) is 5.69 Å². The zero-order chi connectivity index (χ0) is 12.4. The van der Waals surface area contributed by atoms with Crippen molar-refractivity contribution in [2.45, 2.75) is 4.34 Å². The first-order valence-corrected chi connectivity index (χ1v) is 6.98. The highest BCUT2D eigenvalue weighted by Crippen LogP contribution is 2.26. The maximum Gasteiger partial charge on any atom is 0.232 e. The minimum Gasteiger partial charge on any atom is -0.399 e. The summed E-state index contributed by atoms with van der Waals surface area (Å²) in [6.07, 6.45) is 0. The maximum absolute atomic E-state index is 11.8. The first kappa shape index (κ1) is 12.0. The van der Waals surface area contributed by atoms with Gasteiger partial charge in [0.2, 0.25) is 5.91 Å². The largest absolute Gasteiger partial charge is 0.399 e. The van der Waals surface area contributed by atoms with E-state index >= 15 is 0 Å². The minimum atomic E-state index is -1.40. The van der Waals surface area contributed by atoms with Crippen LogP contribution in [0.1, 0.15) is 0 Å². The van der Waals surface area contributed by atoms with Crippen LogP contribution in [-0.2, 0) is 15.6 Å². The molecular weight excluding hydrogens is 258 g/mol. The zero-order valence-electron chi connectivity index (χ0n) is 9.10. The zero-order valence-corrected chi connectivity index (χ0v) is 10.7. The summed E-state index contributed by atoms with van der Waals surface area (Å²) >= 11 is 1.30. The summed E-state index contributed by atoms with van der Waals surface area (Å²) in [6, 6.07) is 5.31. The van der Waals surface area contributed by atoms with Crippen molar-refractivity contribution >= 4 is 43.9 Å². The van der Waals surface area contributed by atoms with Crippen molar-refractivity contribution in [2.24, 2.45) is 0 Å². The van der Waals surface area contributed by atoms with Gasteiger partial charge in [-0.2, -0.15) is 0 Å². The number of nitrogen functional groups attached to an aromatic ring is 1. The van der Waals surface area contributed by atoms with Gasteiger partial charge in [-0.05, 0) is 18.2 Å². The van der Waals surface area contributed by atoms with Gasteiger partial charge in [-0.25, -0.2) is 4.98 Å². The van der Waals surface area contributed by atoms with E-state index in [1.807, 2.05) is 0 Å². The number of fused-ring (bicyclic) bond motifs is 1. The molecule has 0 saturated carbocycles. The number of anilines is 1. The number of thiazole rings is 1. The molecule has 2 aromatic rings. The number of rotatable bonds is 3. The van der Waals surface area contributed by atoms with Crippen LogP contribution in [0.15, 0.2) is 22.5 Å². The highest BCUT2D eigenvalue weighted by atomic mass is 32.2. The van der Waals surface area contributed by atoms with E-state index in [1.165, 1.54) is 18.4 Å². The van der Waals surface area contributed by atoms with Gasteiger partial charge in [0, 0.05) is 12.7 Å². The molecule has 0 aliphatic rings. The van der Waals surface area contributed by atoms with Crippen molar-refractivity contribution in [3.8, 4) is 0 Å². The Hall–Kier alpha value is -1.47. The first-order valence-electron chi connectivity index (χ1n) is 4.85. The Morgan fingerprint density at radius 3 is 3.06 bits per heavy atom. The van der Waals surface area contributed by atoms with Crippen LogP contribution in [0.2, 0.25) is 0 Å². The van der Waals surface area contributed by atoms with Gasteiger partial charge in [-0.3, -0.25) is 9.00 Å². The summed E-state index contributed by atoms with van der Waals surface area (Å²) in [5.41, 5.74) is 7.05. The third-order valence-electron chi connectivity index (χ3n) is 2.13. The molecule has 1 aromatic heterocycles. The summed E-state index contributed by atoms with van der Waals surface area (Å²) in [6.45, 7) is 0. The first-order chi connectivity index (χ1) is 8.10. The van der Waals surface area contributed by atoms with E-state index in [0.29, 0.717) is 10.0 Å². The molecule has 1 unspecified atom stereocenters. The molecule has 90 valence electrons. The molecule has 1 amide bonds. The second-order valence-electron chi connectivity index (χ2n) is 3.37. The Labute approximate surface area is 104 Å². The minimum absolute atomic E-state index is 0.0637. The highest BCUT2D eigenvalue weighted by Gasteiger charge is 2.13. The lowest BCUT2D eigenvalue weighted by Crippen LogP contribution is -2.24. The lowest BCUT2D eigenvalue weighted by atomic mass is 10.3. The quantitative estimate of drug-likeness (QED) is 0.805. The van der Waals surface area contributed by atoms with Crippen molar-refractivity contribution in [1.29, 1.82) is 0 Å². The Bertz CT molecular complexity index is 594. The number of benzene rings is 1. The fraction of sp³-hybridized carbons (Fsp3) is 0.200. The smallest absolute Gasteiger partial charge is 0.232 e. The molecule has 0 aliphatic heterocycles. The molecule has 17 heavy (non-hydrogen) atoms. The van der Waals surface area contributed by atoms with Gasteiger partial charge in [0.15, 0.2) is 4.34 Å². The van der Waals surface area contributed by atoms with Gasteiger partial charge >= 0.3 is 0 Å². The molecule has 5 nitrogen and oxygen atoms in total. The normalized spacial score (nSPS) is 12.5. The average molecular weight is 269 g/mol. The predicted octanol–water partition coefficient (Wildman–Crippen LogP) is 0.732. The van der Waals surface area contributed by atoms with Crippen LogP contribution in [-0.4, -0.2) is 27.9 Å². The van der Waals surface area contributed by atoms with E-state index in [4.69, 9.17) is 5.73 Å². The van der Waals surface area contributed by atoms with Crippen LogP contribution < -0.4 is 11.1 Å². The van der Waals surface area contributed by atoms with Crippen LogP contribution in [0, 0.1) is 0 Å². The van der Waals surface area contributed by atoms with Gasteiger partial charge in [-0.1, -0.05) is 0 Å². The summed E-state index contributed by atoms with van der Waals surface area (Å²) in [5, 5.41) is 2.43. The number of hydrogen-bond donors (Lipinski definition) is 2. The van der Waals surface area contributed by atoms with Gasteiger partial charge in [-0.15, -0.1) is 11.3 Å². The van der Waals surface area contributed by atoms with Crippen molar-refractivity contribution in [2.75, 3.05) is 18.5 Å². The van der Waals surface area contributed by atoms with Crippen LogP contribution in [0.5, 0.6) is 0 Å². The lowest BCUT2D eigenvalue weighted by molar-refractivity contribution is -0.118. The molecule has 0 bridgehead atoms. The number of nitrogens with two attached hydrogens (primary N) is 1. The molecule has 0 saturated heterocycles. The van der Waals surface area contributed by atoms with E-state index in [2.05, 4.69) is 10.3 Å². The topological polar surface area (TPSA) is 85.1 Å². The van der Waals surface area contributed by atoms with Crippen molar-refractivity contribution in [3.05, 3.63) is 18.2 Å². The Morgan fingerprint density at radius 2 is 2.35 bits per heavy atom. The monoisotopic (exact) mass is 269 g/mol. The van der Waals surface area contributed by atoms with Gasteiger partial charge < -0.3 is 11.1 Å². The number of nitrogens with zero attached hydrogens (tertiary/aromatic N) is 1.